The van der Waals surface area contributed by atoms with Crippen LogP contribution in [0.2, 0.25) is 0 Å². The van der Waals surface area contributed by atoms with E-state index in [1.54, 1.807) is 0 Å². The molecule has 0 fully saturated rings. The molecular weight excluding hydrogens is 278 g/mol. The minimum Gasteiger partial charge on any atom is -0.476 e. The SMILES string of the molecule is CC(C)OCCCNC(=O)Cn1nnc(C(=O)O)c1CN. The van der Waals surface area contributed by atoms with Crippen LogP contribution in [0.1, 0.15) is 36.5 Å². The lowest BCUT2D eigenvalue weighted by Gasteiger charge is -2.09. The molecule has 0 spiro atoms. The van der Waals surface area contributed by atoms with Crippen molar-refractivity contribution in [3.05, 3.63) is 11.4 Å². The van der Waals surface area contributed by atoms with E-state index in [4.69, 9.17) is 15.6 Å². The number of carboxylic acid groups (broad SMARTS) is 1. The number of aromatic carboxylic acids is 1. The van der Waals surface area contributed by atoms with Crippen molar-refractivity contribution in [1.82, 2.24) is 20.3 Å². The number of carboxylic acids is 1. The van der Waals surface area contributed by atoms with Gasteiger partial charge in [-0.2, -0.15) is 0 Å². The van der Waals surface area contributed by atoms with Gasteiger partial charge in [-0.05, 0) is 20.3 Å². The second kappa shape index (κ2) is 8.32. The lowest BCUT2D eigenvalue weighted by Crippen LogP contribution is -2.30. The lowest BCUT2D eigenvalue weighted by molar-refractivity contribution is -0.121. The molecule has 9 heteroatoms. The van der Waals surface area contributed by atoms with Crippen LogP contribution in [0.25, 0.3) is 0 Å². The van der Waals surface area contributed by atoms with Gasteiger partial charge in [0.05, 0.1) is 11.8 Å². The predicted molar refractivity (Wildman–Crippen MR) is 73.6 cm³/mol. The van der Waals surface area contributed by atoms with Crippen LogP contribution in [0.15, 0.2) is 0 Å². The molecule has 1 heterocycles. The van der Waals surface area contributed by atoms with E-state index in [-0.39, 0.29) is 36.5 Å². The molecule has 0 aromatic carbocycles. The van der Waals surface area contributed by atoms with E-state index in [9.17, 15) is 9.59 Å². The van der Waals surface area contributed by atoms with Crippen molar-refractivity contribution in [2.45, 2.75) is 39.5 Å². The number of rotatable bonds is 9. The first-order valence-corrected chi connectivity index (χ1v) is 6.69. The minimum absolute atomic E-state index is 0.0514. The predicted octanol–water partition coefficient (Wildman–Crippen LogP) is -0.634. The average Bonchev–Trinajstić information content (AvgIpc) is 2.80. The molecule has 1 amide bonds. The van der Waals surface area contributed by atoms with Crippen LogP contribution in [0.5, 0.6) is 0 Å². The number of hydrogen-bond donors (Lipinski definition) is 3. The molecule has 21 heavy (non-hydrogen) atoms. The molecule has 0 bridgehead atoms. The first-order valence-electron chi connectivity index (χ1n) is 6.69. The Hall–Kier alpha value is -2.00. The quantitative estimate of drug-likeness (QED) is 0.517. The highest BCUT2D eigenvalue weighted by atomic mass is 16.5. The zero-order valence-electron chi connectivity index (χ0n) is 12.2. The van der Waals surface area contributed by atoms with E-state index >= 15 is 0 Å². The number of nitrogens with zero attached hydrogens (tertiary/aromatic N) is 3. The molecule has 1 aromatic heterocycles. The molecule has 0 radical (unpaired) electrons. The zero-order valence-corrected chi connectivity index (χ0v) is 12.2. The number of aromatic nitrogens is 3. The second-order valence-corrected chi connectivity index (χ2v) is 4.67. The molecule has 0 saturated heterocycles. The first-order chi connectivity index (χ1) is 9.95. The molecule has 9 nitrogen and oxygen atoms in total. The Morgan fingerprint density at radius 3 is 2.76 bits per heavy atom. The average molecular weight is 299 g/mol. The van der Waals surface area contributed by atoms with Gasteiger partial charge in [-0.25, -0.2) is 9.48 Å². The fourth-order valence-electron chi connectivity index (χ4n) is 1.64. The molecule has 1 aromatic rings. The molecule has 118 valence electrons. The summed E-state index contributed by atoms with van der Waals surface area (Å²) in [7, 11) is 0. The monoisotopic (exact) mass is 299 g/mol. The number of nitrogens with one attached hydrogen (secondary N) is 1. The normalized spacial score (nSPS) is 10.9. The Labute approximate surface area is 122 Å². The highest BCUT2D eigenvalue weighted by molar-refractivity contribution is 5.86. The third kappa shape index (κ3) is 5.48. The Morgan fingerprint density at radius 1 is 1.48 bits per heavy atom. The third-order valence-corrected chi connectivity index (χ3v) is 2.62. The van der Waals surface area contributed by atoms with E-state index in [1.165, 1.54) is 4.68 Å². The van der Waals surface area contributed by atoms with Gasteiger partial charge in [0.25, 0.3) is 0 Å². The van der Waals surface area contributed by atoms with Gasteiger partial charge >= 0.3 is 5.97 Å². The van der Waals surface area contributed by atoms with E-state index in [0.29, 0.717) is 19.6 Å². The van der Waals surface area contributed by atoms with Gasteiger partial charge in [0.2, 0.25) is 5.91 Å². The molecule has 0 unspecified atom stereocenters. The largest absolute Gasteiger partial charge is 0.476 e. The van der Waals surface area contributed by atoms with Crippen LogP contribution < -0.4 is 11.1 Å². The lowest BCUT2D eigenvalue weighted by atomic mass is 10.3. The number of nitrogens with two attached hydrogens (primary N) is 1. The molecular formula is C12H21N5O4. The summed E-state index contributed by atoms with van der Waals surface area (Å²) < 4.78 is 6.55. The van der Waals surface area contributed by atoms with Crippen LogP contribution >= 0.6 is 0 Å². The van der Waals surface area contributed by atoms with Crippen molar-refractivity contribution < 1.29 is 19.4 Å². The Morgan fingerprint density at radius 2 is 2.19 bits per heavy atom. The Balaban J connectivity index is 2.43. The van der Waals surface area contributed by atoms with E-state index < -0.39 is 5.97 Å². The van der Waals surface area contributed by atoms with Crippen LogP contribution in [0, 0.1) is 0 Å². The fourth-order valence-corrected chi connectivity index (χ4v) is 1.64. The van der Waals surface area contributed by atoms with E-state index in [0.717, 1.165) is 0 Å². The summed E-state index contributed by atoms with van der Waals surface area (Å²) in [6.45, 7) is 4.76. The fraction of sp³-hybridized carbons (Fsp3) is 0.667. The van der Waals surface area contributed by atoms with Crippen LogP contribution in [0.3, 0.4) is 0 Å². The third-order valence-electron chi connectivity index (χ3n) is 2.62. The molecule has 0 aliphatic heterocycles. The highest BCUT2D eigenvalue weighted by Gasteiger charge is 2.18. The van der Waals surface area contributed by atoms with Crippen molar-refractivity contribution in [3.8, 4) is 0 Å². The first kappa shape index (κ1) is 17.1. The van der Waals surface area contributed by atoms with Gasteiger partial charge in [-0.1, -0.05) is 5.21 Å². The zero-order chi connectivity index (χ0) is 15.8. The highest BCUT2D eigenvalue weighted by Crippen LogP contribution is 2.04. The number of carbonyl (C=O) groups is 2. The van der Waals surface area contributed by atoms with Gasteiger partial charge in [-0.15, -0.1) is 5.10 Å². The summed E-state index contributed by atoms with van der Waals surface area (Å²) in [5.74, 6) is -1.50. The van der Waals surface area contributed by atoms with Gasteiger partial charge in [0, 0.05) is 19.7 Å². The standard InChI is InChI=1S/C12H21N5O4/c1-8(2)21-5-3-4-14-10(18)7-17-9(6-13)11(12(19)20)15-16-17/h8H,3-7,13H2,1-2H3,(H,14,18)(H,19,20). The van der Waals surface area contributed by atoms with Gasteiger partial charge in [0.15, 0.2) is 5.69 Å². The molecule has 0 atom stereocenters. The smallest absolute Gasteiger partial charge is 0.358 e. The van der Waals surface area contributed by atoms with Crippen LogP contribution in [-0.2, 0) is 22.6 Å². The number of amides is 1. The summed E-state index contributed by atoms with van der Waals surface area (Å²) in [5.41, 5.74) is 5.46. The maximum absolute atomic E-state index is 11.7. The van der Waals surface area contributed by atoms with Crippen molar-refractivity contribution in [2.75, 3.05) is 13.2 Å². The number of hydrogen-bond acceptors (Lipinski definition) is 6. The number of ether oxygens (including phenoxy) is 1. The molecule has 0 aliphatic rings. The van der Waals surface area contributed by atoms with E-state index in [1.807, 2.05) is 13.8 Å². The van der Waals surface area contributed by atoms with Crippen LogP contribution in [0.4, 0.5) is 0 Å². The Bertz CT molecular complexity index is 486. The second-order valence-electron chi connectivity index (χ2n) is 4.67. The Kier molecular flexibility index (Phi) is 6.76. The molecule has 4 N–H and O–H groups in total. The summed E-state index contributed by atoms with van der Waals surface area (Å²) in [6, 6.07) is 0. The van der Waals surface area contributed by atoms with Crippen molar-refractivity contribution in [3.63, 3.8) is 0 Å². The minimum atomic E-state index is -1.21. The summed E-state index contributed by atoms with van der Waals surface area (Å²) in [4.78, 5) is 22.6. The maximum atomic E-state index is 11.7. The van der Waals surface area contributed by atoms with Gasteiger partial charge in [-0.3, -0.25) is 4.79 Å². The topological polar surface area (TPSA) is 132 Å². The van der Waals surface area contributed by atoms with Gasteiger partial charge < -0.3 is 20.9 Å². The molecule has 0 aliphatic carbocycles. The summed E-state index contributed by atoms with van der Waals surface area (Å²) >= 11 is 0. The molecule has 0 saturated carbocycles. The van der Waals surface area contributed by atoms with Crippen LogP contribution in [-0.4, -0.2) is 51.2 Å². The summed E-state index contributed by atoms with van der Waals surface area (Å²) in [5, 5.41) is 18.7. The van der Waals surface area contributed by atoms with Crippen molar-refractivity contribution >= 4 is 11.9 Å². The maximum Gasteiger partial charge on any atom is 0.358 e. The van der Waals surface area contributed by atoms with Crippen molar-refractivity contribution in [1.29, 1.82) is 0 Å². The molecule has 1 rings (SSSR count). The summed E-state index contributed by atoms with van der Waals surface area (Å²) in [6.07, 6.45) is 0.864. The van der Waals surface area contributed by atoms with E-state index in [2.05, 4.69) is 15.6 Å². The van der Waals surface area contributed by atoms with Gasteiger partial charge in [0.1, 0.15) is 6.54 Å². The number of carbonyl (C=O) groups excluding carboxylic acids is 1. The van der Waals surface area contributed by atoms with Crippen molar-refractivity contribution in [2.24, 2.45) is 5.73 Å².